The Hall–Kier alpha value is -2.76. The molecule has 1 aromatic heterocycles. The molecular formula is C20H27N5O. The molecule has 1 aromatic carbocycles. The third-order valence-electron chi connectivity index (χ3n) is 4.38. The molecule has 2 heterocycles. The van der Waals surface area contributed by atoms with Crippen LogP contribution >= 0.6 is 0 Å². The lowest BCUT2D eigenvalue weighted by Gasteiger charge is -2.19. The summed E-state index contributed by atoms with van der Waals surface area (Å²) in [4.78, 5) is 6.61. The Morgan fingerprint density at radius 1 is 1.19 bits per heavy atom. The lowest BCUT2D eigenvalue weighted by atomic mass is 10.1. The van der Waals surface area contributed by atoms with E-state index in [1.807, 2.05) is 6.07 Å². The Balaban J connectivity index is 1.51. The molecule has 0 atom stereocenters. The zero-order valence-corrected chi connectivity index (χ0v) is 15.7. The van der Waals surface area contributed by atoms with Gasteiger partial charge >= 0.3 is 0 Å². The van der Waals surface area contributed by atoms with Crippen LogP contribution < -0.4 is 15.5 Å². The first-order valence-corrected chi connectivity index (χ1v) is 9.04. The standard InChI is InChI=1S/C20H27N5O/c1-15(2)19-12-18(26-24-19)14-23-20(21-3)22-13-16-7-6-8-17(11-16)25-9-4-5-10-25/h4-8,11-12,15H,9-10,13-14H2,1-3H3,(H2,21,22,23). The molecule has 1 aliphatic rings. The normalized spacial score (nSPS) is 14.3. The van der Waals surface area contributed by atoms with Crippen molar-refractivity contribution in [2.24, 2.45) is 4.99 Å². The summed E-state index contributed by atoms with van der Waals surface area (Å²) in [5.41, 5.74) is 3.44. The summed E-state index contributed by atoms with van der Waals surface area (Å²) in [5, 5.41) is 10.7. The lowest BCUT2D eigenvalue weighted by molar-refractivity contribution is 0.372. The van der Waals surface area contributed by atoms with Crippen molar-refractivity contribution in [1.82, 2.24) is 15.8 Å². The topological polar surface area (TPSA) is 65.7 Å². The molecule has 0 aliphatic carbocycles. The third-order valence-corrected chi connectivity index (χ3v) is 4.38. The summed E-state index contributed by atoms with van der Waals surface area (Å²) >= 11 is 0. The number of aliphatic imine (C=N–C) groups is 1. The van der Waals surface area contributed by atoms with Gasteiger partial charge in [-0.2, -0.15) is 0 Å². The van der Waals surface area contributed by atoms with Crippen molar-refractivity contribution in [3.8, 4) is 0 Å². The zero-order valence-electron chi connectivity index (χ0n) is 15.7. The number of rotatable bonds is 6. The van der Waals surface area contributed by atoms with E-state index in [1.165, 1.54) is 11.3 Å². The van der Waals surface area contributed by atoms with E-state index in [0.717, 1.165) is 30.5 Å². The van der Waals surface area contributed by atoms with E-state index in [-0.39, 0.29) is 0 Å². The highest BCUT2D eigenvalue weighted by Crippen LogP contribution is 2.18. The molecule has 2 N–H and O–H groups in total. The quantitative estimate of drug-likeness (QED) is 0.475. The fourth-order valence-electron chi connectivity index (χ4n) is 2.81. The minimum Gasteiger partial charge on any atom is -0.364 e. The van der Waals surface area contributed by atoms with Crippen molar-refractivity contribution in [1.29, 1.82) is 0 Å². The van der Waals surface area contributed by atoms with Gasteiger partial charge in [-0.3, -0.25) is 4.99 Å². The van der Waals surface area contributed by atoms with Crippen LogP contribution in [-0.4, -0.2) is 31.3 Å². The van der Waals surface area contributed by atoms with E-state index in [2.05, 4.69) is 75.9 Å². The molecule has 2 aromatic rings. The molecule has 0 amide bonds. The molecular weight excluding hydrogens is 326 g/mol. The Morgan fingerprint density at radius 2 is 1.96 bits per heavy atom. The fourth-order valence-corrected chi connectivity index (χ4v) is 2.81. The first kappa shape index (κ1) is 18.0. The highest BCUT2D eigenvalue weighted by Gasteiger charge is 2.09. The van der Waals surface area contributed by atoms with Gasteiger partial charge < -0.3 is 20.1 Å². The minimum atomic E-state index is 0.364. The van der Waals surface area contributed by atoms with Gasteiger partial charge in [0.25, 0.3) is 0 Å². The van der Waals surface area contributed by atoms with Gasteiger partial charge in [-0.1, -0.05) is 43.3 Å². The van der Waals surface area contributed by atoms with Crippen LogP contribution in [0, 0.1) is 0 Å². The highest BCUT2D eigenvalue weighted by atomic mass is 16.5. The molecule has 0 saturated heterocycles. The Morgan fingerprint density at radius 3 is 2.65 bits per heavy atom. The first-order valence-electron chi connectivity index (χ1n) is 9.04. The average Bonchev–Trinajstić information content (AvgIpc) is 3.34. The van der Waals surface area contributed by atoms with Gasteiger partial charge in [0, 0.05) is 38.4 Å². The van der Waals surface area contributed by atoms with Crippen molar-refractivity contribution in [3.05, 3.63) is 59.5 Å². The zero-order chi connectivity index (χ0) is 18.4. The molecule has 138 valence electrons. The summed E-state index contributed by atoms with van der Waals surface area (Å²) in [6.07, 6.45) is 4.40. The predicted molar refractivity (Wildman–Crippen MR) is 105 cm³/mol. The van der Waals surface area contributed by atoms with Crippen LogP contribution in [0.2, 0.25) is 0 Å². The largest absolute Gasteiger partial charge is 0.364 e. The van der Waals surface area contributed by atoms with Gasteiger partial charge in [-0.15, -0.1) is 0 Å². The van der Waals surface area contributed by atoms with E-state index in [1.54, 1.807) is 7.05 Å². The number of nitrogens with zero attached hydrogens (tertiary/aromatic N) is 3. The van der Waals surface area contributed by atoms with E-state index in [9.17, 15) is 0 Å². The molecule has 0 radical (unpaired) electrons. The number of anilines is 1. The second kappa shape index (κ2) is 8.56. The maximum atomic E-state index is 5.35. The van der Waals surface area contributed by atoms with Crippen molar-refractivity contribution in [3.63, 3.8) is 0 Å². The Kier molecular flexibility index (Phi) is 5.94. The number of benzene rings is 1. The van der Waals surface area contributed by atoms with Gasteiger partial charge in [0.15, 0.2) is 11.7 Å². The second-order valence-electron chi connectivity index (χ2n) is 6.70. The molecule has 0 spiro atoms. The van der Waals surface area contributed by atoms with Crippen molar-refractivity contribution >= 4 is 11.6 Å². The van der Waals surface area contributed by atoms with Crippen molar-refractivity contribution in [2.75, 3.05) is 25.0 Å². The minimum absolute atomic E-state index is 0.364. The second-order valence-corrected chi connectivity index (χ2v) is 6.70. The van der Waals surface area contributed by atoms with E-state index < -0.39 is 0 Å². The van der Waals surface area contributed by atoms with Gasteiger partial charge in [0.2, 0.25) is 0 Å². The highest BCUT2D eigenvalue weighted by molar-refractivity contribution is 5.79. The van der Waals surface area contributed by atoms with E-state index in [0.29, 0.717) is 19.0 Å². The van der Waals surface area contributed by atoms with Crippen LogP contribution in [-0.2, 0) is 13.1 Å². The van der Waals surface area contributed by atoms with Gasteiger partial charge in [0.1, 0.15) is 0 Å². The van der Waals surface area contributed by atoms with Crippen LogP contribution in [0.1, 0.15) is 36.8 Å². The third kappa shape index (κ3) is 4.65. The molecule has 0 unspecified atom stereocenters. The van der Waals surface area contributed by atoms with Gasteiger partial charge in [0.05, 0.1) is 12.2 Å². The summed E-state index contributed by atoms with van der Waals surface area (Å²) in [6.45, 7) is 7.43. The van der Waals surface area contributed by atoms with Crippen molar-refractivity contribution < 1.29 is 4.52 Å². The Bertz CT molecular complexity index is 770. The van der Waals surface area contributed by atoms with Crippen molar-refractivity contribution in [2.45, 2.75) is 32.9 Å². The smallest absolute Gasteiger partial charge is 0.191 e. The maximum Gasteiger partial charge on any atom is 0.191 e. The summed E-state index contributed by atoms with van der Waals surface area (Å²) in [6, 6.07) is 10.6. The van der Waals surface area contributed by atoms with Crippen LogP contribution in [0.4, 0.5) is 5.69 Å². The molecule has 0 bridgehead atoms. The predicted octanol–water partition coefficient (Wildman–Crippen LogP) is 3.04. The van der Waals surface area contributed by atoms with E-state index >= 15 is 0 Å². The van der Waals surface area contributed by atoms with Gasteiger partial charge in [-0.05, 0) is 23.6 Å². The summed E-state index contributed by atoms with van der Waals surface area (Å²) in [7, 11) is 1.77. The van der Waals surface area contributed by atoms with Crippen LogP contribution in [0.25, 0.3) is 0 Å². The number of hydrogen-bond acceptors (Lipinski definition) is 4. The maximum absolute atomic E-state index is 5.35. The van der Waals surface area contributed by atoms with Crippen LogP contribution in [0.3, 0.4) is 0 Å². The summed E-state index contributed by atoms with van der Waals surface area (Å²) < 4.78 is 5.35. The molecule has 6 heteroatoms. The molecule has 3 rings (SSSR count). The number of hydrogen-bond donors (Lipinski definition) is 2. The molecule has 0 fully saturated rings. The fraction of sp³-hybridized carbons (Fsp3) is 0.400. The van der Waals surface area contributed by atoms with Gasteiger partial charge in [-0.25, -0.2) is 0 Å². The average molecular weight is 353 g/mol. The van der Waals surface area contributed by atoms with Crippen LogP contribution in [0.5, 0.6) is 0 Å². The van der Waals surface area contributed by atoms with E-state index in [4.69, 9.17) is 4.52 Å². The molecule has 0 saturated carbocycles. The first-order chi connectivity index (χ1) is 12.7. The number of nitrogens with one attached hydrogen (secondary N) is 2. The molecule has 1 aliphatic heterocycles. The Labute approximate surface area is 155 Å². The summed E-state index contributed by atoms with van der Waals surface area (Å²) in [5.74, 6) is 1.91. The number of aromatic nitrogens is 1. The van der Waals surface area contributed by atoms with Crippen LogP contribution in [0.15, 0.2) is 52.0 Å². The number of guanidine groups is 1. The molecule has 6 nitrogen and oxygen atoms in total. The molecule has 26 heavy (non-hydrogen) atoms. The monoisotopic (exact) mass is 353 g/mol. The lowest BCUT2D eigenvalue weighted by Crippen LogP contribution is -2.36. The SMILES string of the molecule is CN=C(NCc1cccc(N2CC=CC2)c1)NCc1cc(C(C)C)no1.